The zero-order valence-corrected chi connectivity index (χ0v) is 30.1. The number of para-hydroxylation sites is 1. The number of hydrogen-bond acceptors (Lipinski definition) is 3. The van der Waals surface area contributed by atoms with Gasteiger partial charge in [0.15, 0.2) is 5.82 Å². The van der Waals surface area contributed by atoms with E-state index in [1.165, 1.54) is 37.9 Å². The van der Waals surface area contributed by atoms with E-state index in [-0.39, 0.29) is 0 Å². The van der Waals surface area contributed by atoms with Crippen molar-refractivity contribution in [2.24, 2.45) is 0 Å². The van der Waals surface area contributed by atoms with Crippen molar-refractivity contribution in [1.29, 1.82) is 0 Å². The number of benzene rings is 9. The quantitative estimate of drug-likeness (QED) is 0.182. The summed E-state index contributed by atoms with van der Waals surface area (Å²) < 4.78 is 8.65. The molecule has 0 atom stereocenters. The first-order valence-corrected chi connectivity index (χ1v) is 19.0. The van der Waals surface area contributed by atoms with Gasteiger partial charge in [-0.2, -0.15) is 0 Å². The topological polar surface area (TPSA) is 43.9 Å². The predicted octanol–water partition coefficient (Wildman–Crippen LogP) is 13.9. The van der Waals surface area contributed by atoms with Crippen LogP contribution in [0.2, 0.25) is 0 Å². The molecule has 0 N–H and O–H groups in total. The molecule has 3 heterocycles. The lowest BCUT2D eigenvalue weighted by Crippen LogP contribution is -2.03. The van der Waals surface area contributed by atoms with E-state index < -0.39 is 0 Å². The van der Waals surface area contributed by atoms with Crippen molar-refractivity contribution in [2.45, 2.75) is 0 Å². The third-order valence-electron chi connectivity index (χ3n) is 11.3. The normalized spacial score (nSPS) is 11.9. The Balaban J connectivity index is 1.13. The molecule has 0 saturated heterocycles. The predicted molar refractivity (Wildman–Crippen MR) is 232 cm³/mol. The number of hydrogen-bond donors (Lipinski definition) is 0. The smallest absolute Gasteiger partial charge is 0.162 e. The van der Waals surface area contributed by atoms with Gasteiger partial charge in [0.1, 0.15) is 17.0 Å². The minimum atomic E-state index is 0.680. The Labute approximate surface area is 321 Å². The first-order chi connectivity index (χ1) is 27.7. The molecule has 0 radical (unpaired) electrons. The second-order valence-electron chi connectivity index (χ2n) is 14.6. The van der Waals surface area contributed by atoms with Crippen LogP contribution in [-0.2, 0) is 0 Å². The lowest BCUT2D eigenvalue weighted by molar-refractivity contribution is 0.669. The van der Waals surface area contributed by atoms with Crippen molar-refractivity contribution in [2.75, 3.05) is 0 Å². The van der Waals surface area contributed by atoms with E-state index in [0.29, 0.717) is 5.82 Å². The molecule has 56 heavy (non-hydrogen) atoms. The summed E-state index contributed by atoms with van der Waals surface area (Å²) in [5.74, 6) is 1.53. The molecule has 4 nitrogen and oxygen atoms in total. The van der Waals surface area contributed by atoms with E-state index >= 15 is 0 Å². The SMILES string of the molecule is c1ccc(-c2nc(-n3c4cc(-c5ccc6ccccc6c5)ccc4c4cc5ccccc5cc43)c3ccc(-c4ccc5c(c4)oc4ccccc45)cc3n2)cc1. The van der Waals surface area contributed by atoms with Gasteiger partial charge in [0, 0.05) is 32.5 Å². The molecule has 0 aliphatic rings. The van der Waals surface area contributed by atoms with Crippen molar-refractivity contribution in [3.8, 4) is 39.5 Å². The van der Waals surface area contributed by atoms with E-state index in [1.54, 1.807) is 0 Å². The Morgan fingerprint density at radius 1 is 0.339 bits per heavy atom. The second kappa shape index (κ2) is 12.0. The molecular weight excluding hydrogens is 683 g/mol. The van der Waals surface area contributed by atoms with Crippen molar-refractivity contribution >= 4 is 76.2 Å². The van der Waals surface area contributed by atoms with Crippen LogP contribution >= 0.6 is 0 Å². The van der Waals surface area contributed by atoms with Crippen LogP contribution in [0.25, 0.3) is 116 Å². The summed E-state index contributed by atoms with van der Waals surface area (Å²) in [6.07, 6.45) is 0. The van der Waals surface area contributed by atoms with Gasteiger partial charge < -0.3 is 4.42 Å². The van der Waals surface area contributed by atoms with Gasteiger partial charge in [-0.05, 0) is 98.4 Å². The van der Waals surface area contributed by atoms with Crippen LogP contribution in [0.15, 0.2) is 192 Å². The van der Waals surface area contributed by atoms with Crippen LogP contribution in [0.4, 0.5) is 0 Å². The average molecular weight is 714 g/mol. The van der Waals surface area contributed by atoms with E-state index in [2.05, 4.69) is 162 Å². The molecular formula is C52H31N3O. The summed E-state index contributed by atoms with van der Waals surface area (Å²) in [6, 6.07) is 66.9. The van der Waals surface area contributed by atoms with Crippen molar-refractivity contribution in [3.05, 3.63) is 188 Å². The minimum Gasteiger partial charge on any atom is -0.456 e. The maximum absolute atomic E-state index is 6.29. The number of aromatic nitrogens is 3. The fourth-order valence-corrected chi connectivity index (χ4v) is 8.56. The summed E-state index contributed by atoms with van der Waals surface area (Å²) >= 11 is 0. The molecule has 0 saturated carbocycles. The number of nitrogens with zero attached hydrogens (tertiary/aromatic N) is 3. The maximum Gasteiger partial charge on any atom is 0.162 e. The van der Waals surface area contributed by atoms with Crippen molar-refractivity contribution in [3.63, 3.8) is 0 Å². The molecule has 0 unspecified atom stereocenters. The molecule has 0 aliphatic carbocycles. The van der Waals surface area contributed by atoms with Gasteiger partial charge in [-0.3, -0.25) is 4.57 Å². The van der Waals surface area contributed by atoms with Crippen molar-refractivity contribution in [1.82, 2.24) is 14.5 Å². The van der Waals surface area contributed by atoms with E-state index in [0.717, 1.165) is 71.9 Å². The van der Waals surface area contributed by atoms with Gasteiger partial charge in [-0.15, -0.1) is 0 Å². The monoisotopic (exact) mass is 713 g/mol. The highest BCUT2D eigenvalue weighted by Gasteiger charge is 2.20. The van der Waals surface area contributed by atoms with Crippen LogP contribution in [0, 0.1) is 0 Å². The Morgan fingerprint density at radius 2 is 0.929 bits per heavy atom. The van der Waals surface area contributed by atoms with Gasteiger partial charge in [-0.25, -0.2) is 9.97 Å². The number of fused-ring (bicyclic) bond motifs is 9. The maximum atomic E-state index is 6.29. The molecule has 3 aromatic heterocycles. The molecule has 260 valence electrons. The second-order valence-corrected chi connectivity index (χ2v) is 14.6. The minimum absolute atomic E-state index is 0.680. The van der Waals surface area contributed by atoms with Gasteiger partial charge in [0.05, 0.1) is 16.6 Å². The third kappa shape index (κ3) is 4.79. The fourth-order valence-electron chi connectivity index (χ4n) is 8.56. The molecule has 0 bridgehead atoms. The molecule has 9 aromatic carbocycles. The van der Waals surface area contributed by atoms with E-state index in [4.69, 9.17) is 14.4 Å². The zero-order chi connectivity index (χ0) is 36.7. The Morgan fingerprint density at radius 3 is 1.77 bits per heavy atom. The van der Waals surface area contributed by atoms with Crippen LogP contribution in [-0.4, -0.2) is 14.5 Å². The summed E-state index contributed by atoms with van der Waals surface area (Å²) in [5, 5.41) is 10.4. The fraction of sp³-hybridized carbons (Fsp3) is 0. The lowest BCUT2D eigenvalue weighted by atomic mass is 9.99. The van der Waals surface area contributed by atoms with E-state index in [1.807, 2.05) is 30.3 Å². The molecule has 12 aromatic rings. The molecule has 0 spiro atoms. The Hall–Kier alpha value is -7.56. The van der Waals surface area contributed by atoms with E-state index in [9.17, 15) is 0 Å². The number of rotatable bonds is 4. The molecule has 0 fully saturated rings. The summed E-state index contributed by atoms with van der Waals surface area (Å²) in [7, 11) is 0. The zero-order valence-electron chi connectivity index (χ0n) is 30.1. The highest BCUT2D eigenvalue weighted by molar-refractivity contribution is 6.15. The van der Waals surface area contributed by atoms with Gasteiger partial charge in [0.25, 0.3) is 0 Å². The number of furan rings is 1. The Bertz CT molecular complexity index is 3540. The van der Waals surface area contributed by atoms with Crippen LogP contribution in [0.3, 0.4) is 0 Å². The standard InChI is InChI=1S/C52H31N3O/c1-2-11-33(12-3-1)51-53-46-28-38(40-21-24-43-42-16-8-9-17-49(42)56-50(43)31-40)22-25-44(46)52(54-51)55-47-30-39(37-19-18-32-10-4-5-13-34(32)26-37)20-23-41(47)45-27-35-14-6-7-15-36(35)29-48(45)55/h1-31H. The first-order valence-electron chi connectivity index (χ1n) is 19.0. The van der Waals surface area contributed by atoms with Gasteiger partial charge in [0.2, 0.25) is 0 Å². The molecule has 0 aliphatic heterocycles. The first kappa shape index (κ1) is 30.9. The highest BCUT2D eigenvalue weighted by atomic mass is 16.3. The van der Waals surface area contributed by atoms with Crippen molar-refractivity contribution < 1.29 is 4.42 Å². The molecule has 4 heteroatoms. The Kier molecular flexibility index (Phi) is 6.60. The average Bonchev–Trinajstić information content (AvgIpc) is 3.79. The lowest BCUT2D eigenvalue weighted by Gasteiger charge is -2.14. The van der Waals surface area contributed by atoms with Crippen LogP contribution in [0.1, 0.15) is 0 Å². The van der Waals surface area contributed by atoms with Crippen LogP contribution in [0.5, 0.6) is 0 Å². The van der Waals surface area contributed by atoms with Gasteiger partial charge in [-0.1, -0.05) is 133 Å². The third-order valence-corrected chi connectivity index (χ3v) is 11.3. The van der Waals surface area contributed by atoms with Gasteiger partial charge >= 0.3 is 0 Å². The summed E-state index contributed by atoms with van der Waals surface area (Å²) in [4.78, 5) is 10.7. The highest BCUT2D eigenvalue weighted by Crippen LogP contribution is 2.40. The van der Waals surface area contributed by atoms with Crippen LogP contribution < -0.4 is 0 Å². The molecule has 12 rings (SSSR count). The largest absolute Gasteiger partial charge is 0.456 e. The molecule has 0 amide bonds. The summed E-state index contributed by atoms with van der Waals surface area (Å²) in [6.45, 7) is 0. The summed E-state index contributed by atoms with van der Waals surface area (Å²) in [5.41, 5.74) is 10.3.